The lowest BCUT2D eigenvalue weighted by atomic mass is 10.0. The first-order chi connectivity index (χ1) is 9.61. The molecule has 1 aliphatic heterocycles. The molecule has 1 atom stereocenters. The molecule has 1 fully saturated rings. The van der Waals surface area contributed by atoms with Crippen LogP contribution in [0, 0.1) is 5.92 Å². The Bertz CT molecular complexity index is 397. The highest BCUT2D eigenvalue weighted by atomic mass is 35.5. The Balaban J connectivity index is 1.92. The Morgan fingerprint density at radius 2 is 1.70 bits per heavy atom. The van der Waals surface area contributed by atoms with Gasteiger partial charge in [-0.05, 0) is 37.2 Å². The monoisotopic (exact) mass is 295 g/mol. The summed E-state index contributed by atoms with van der Waals surface area (Å²) in [6.45, 7) is 10.1. The van der Waals surface area contributed by atoms with Gasteiger partial charge in [0, 0.05) is 49.5 Å². The standard InChI is InChI=1S/C16H26ClN3/c1-13(2)16(12-18-3)20-10-8-19(9-11-20)15-6-4-14(17)5-7-15/h4-7,13,16,18H,8-12H2,1-3H3. The zero-order valence-corrected chi connectivity index (χ0v) is 13.5. The number of hydrogen-bond donors (Lipinski definition) is 1. The minimum absolute atomic E-state index is 0.632. The van der Waals surface area contributed by atoms with Gasteiger partial charge in [-0.2, -0.15) is 0 Å². The van der Waals surface area contributed by atoms with E-state index in [1.165, 1.54) is 5.69 Å². The average molecular weight is 296 g/mol. The van der Waals surface area contributed by atoms with Crippen molar-refractivity contribution in [2.45, 2.75) is 19.9 Å². The Hall–Kier alpha value is -0.770. The van der Waals surface area contributed by atoms with Gasteiger partial charge >= 0.3 is 0 Å². The Morgan fingerprint density at radius 3 is 2.20 bits per heavy atom. The molecule has 1 aromatic rings. The van der Waals surface area contributed by atoms with Crippen LogP contribution in [-0.2, 0) is 0 Å². The molecule has 1 aromatic carbocycles. The van der Waals surface area contributed by atoms with E-state index < -0.39 is 0 Å². The highest BCUT2D eigenvalue weighted by molar-refractivity contribution is 6.30. The number of benzene rings is 1. The Labute approximate surface area is 127 Å². The van der Waals surface area contributed by atoms with Gasteiger partial charge in [-0.3, -0.25) is 4.90 Å². The highest BCUT2D eigenvalue weighted by Gasteiger charge is 2.25. The third-order valence-corrected chi connectivity index (χ3v) is 4.41. The number of nitrogens with zero attached hydrogens (tertiary/aromatic N) is 2. The van der Waals surface area contributed by atoms with Gasteiger partial charge in [0.15, 0.2) is 0 Å². The summed E-state index contributed by atoms with van der Waals surface area (Å²) < 4.78 is 0. The van der Waals surface area contributed by atoms with Gasteiger partial charge < -0.3 is 10.2 Å². The molecule has 1 N–H and O–H groups in total. The minimum Gasteiger partial charge on any atom is -0.369 e. The maximum absolute atomic E-state index is 5.95. The van der Waals surface area contributed by atoms with E-state index in [0.717, 1.165) is 37.7 Å². The van der Waals surface area contributed by atoms with Crippen LogP contribution in [0.2, 0.25) is 5.02 Å². The Morgan fingerprint density at radius 1 is 1.10 bits per heavy atom. The van der Waals surface area contributed by atoms with Gasteiger partial charge in [0.1, 0.15) is 0 Å². The molecule has 0 aliphatic carbocycles. The first-order valence-corrected chi connectivity index (χ1v) is 7.88. The van der Waals surface area contributed by atoms with Crippen LogP contribution >= 0.6 is 11.6 Å². The summed E-state index contributed by atoms with van der Waals surface area (Å²) in [6.07, 6.45) is 0. The number of rotatable bonds is 5. The SMILES string of the molecule is CNCC(C(C)C)N1CCN(c2ccc(Cl)cc2)CC1. The van der Waals surface area contributed by atoms with Crippen LogP contribution in [-0.4, -0.2) is 50.7 Å². The Kier molecular flexibility index (Phi) is 5.70. The largest absolute Gasteiger partial charge is 0.369 e. The van der Waals surface area contributed by atoms with Crippen molar-refractivity contribution in [2.24, 2.45) is 5.92 Å². The molecule has 0 bridgehead atoms. The quantitative estimate of drug-likeness (QED) is 0.901. The molecule has 1 aliphatic rings. The summed E-state index contributed by atoms with van der Waals surface area (Å²) in [5, 5.41) is 4.13. The maximum Gasteiger partial charge on any atom is 0.0407 e. The lowest BCUT2D eigenvalue weighted by molar-refractivity contribution is 0.145. The van der Waals surface area contributed by atoms with Crippen molar-refractivity contribution in [1.29, 1.82) is 0 Å². The topological polar surface area (TPSA) is 18.5 Å². The van der Waals surface area contributed by atoms with Crippen molar-refractivity contribution in [3.05, 3.63) is 29.3 Å². The van der Waals surface area contributed by atoms with Crippen molar-refractivity contribution in [3.8, 4) is 0 Å². The summed E-state index contributed by atoms with van der Waals surface area (Å²) in [5.74, 6) is 0.685. The first-order valence-electron chi connectivity index (χ1n) is 7.51. The van der Waals surface area contributed by atoms with Crippen LogP contribution < -0.4 is 10.2 Å². The van der Waals surface area contributed by atoms with Gasteiger partial charge in [-0.15, -0.1) is 0 Å². The van der Waals surface area contributed by atoms with E-state index in [2.05, 4.69) is 41.1 Å². The predicted octanol–water partition coefficient (Wildman–Crippen LogP) is 2.71. The fourth-order valence-corrected chi connectivity index (χ4v) is 3.09. The van der Waals surface area contributed by atoms with Crippen molar-refractivity contribution < 1.29 is 0 Å². The molecular formula is C16H26ClN3. The third-order valence-electron chi connectivity index (χ3n) is 4.16. The zero-order chi connectivity index (χ0) is 14.5. The zero-order valence-electron chi connectivity index (χ0n) is 12.8. The van der Waals surface area contributed by atoms with E-state index in [-0.39, 0.29) is 0 Å². The minimum atomic E-state index is 0.632. The molecule has 0 amide bonds. The number of halogens is 1. The number of nitrogens with one attached hydrogen (secondary N) is 1. The van der Waals surface area contributed by atoms with Gasteiger partial charge in [0.25, 0.3) is 0 Å². The number of piperazine rings is 1. The molecule has 3 nitrogen and oxygen atoms in total. The smallest absolute Gasteiger partial charge is 0.0407 e. The second-order valence-corrected chi connectivity index (χ2v) is 6.30. The number of likely N-dealkylation sites (N-methyl/N-ethyl adjacent to an activating group) is 1. The van der Waals surface area contributed by atoms with Crippen molar-refractivity contribution >= 4 is 17.3 Å². The van der Waals surface area contributed by atoms with E-state index in [1.807, 2.05) is 19.2 Å². The van der Waals surface area contributed by atoms with Crippen molar-refractivity contribution in [3.63, 3.8) is 0 Å². The summed E-state index contributed by atoms with van der Waals surface area (Å²) >= 11 is 5.95. The summed E-state index contributed by atoms with van der Waals surface area (Å²) in [4.78, 5) is 5.07. The molecule has 1 saturated heterocycles. The molecule has 0 spiro atoms. The molecule has 0 saturated carbocycles. The molecule has 112 valence electrons. The van der Waals surface area contributed by atoms with Gasteiger partial charge in [0.2, 0.25) is 0 Å². The van der Waals surface area contributed by atoms with Gasteiger partial charge in [-0.25, -0.2) is 0 Å². The molecular weight excluding hydrogens is 270 g/mol. The second kappa shape index (κ2) is 7.30. The van der Waals surface area contributed by atoms with E-state index >= 15 is 0 Å². The molecule has 0 aromatic heterocycles. The molecule has 2 rings (SSSR count). The van der Waals surface area contributed by atoms with Crippen LogP contribution in [0.15, 0.2) is 24.3 Å². The van der Waals surface area contributed by atoms with E-state index in [4.69, 9.17) is 11.6 Å². The summed E-state index contributed by atoms with van der Waals surface area (Å²) in [5.41, 5.74) is 1.28. The van der Waals surface area contributed by atoms with E-state index in [9.17, 15) is 0 Å². The van der Waals surface area contributed by atoms with Crippen LogP contribution in [0.1, 0.15) is 13.8 Å². The lowest BCUT2D eigenvalue weighted by Gasteiger charge is -2.41. The molecule has 1 heterocycles. The van der Waals surface area contributed by atoms with Crippen LogP contribution in [0.25, 0.3) is 0 Å². The van der Waals surface area contributed by atoms with Crippen LogP contribution in [0.4, 0.5) is 5.69 Å². The van der Waals surface area contributed by atoms with Gasteiger partial charge in [-0.1, -0.05) is 25.4 Å². The maximum atomic E-state index is 5.95. The van der Waals surface area contributed by atoms with Crippen LogP contribution in [0.5, 0.6) is 0 Å². The average Bonchev–Trinajstić information content (AvgIpc) is 2.45. The third kappa shape index (κ3) is 3.87. The number of hydrogen-bond acceptors (Lipinski definition) is 3. The van der Waals surface area contributed by atoms with Crippen LogP contribution in [0.3, 0.4) is 0 Å². The van der Waals surface area contributed by atoms with E-state index in [0.29, 0.717) is 12.0 Å². The van der Waals surface area contributed by atoms with E-state index in [1.54, 1.807) is 0 Å². The molecule has 20 heavy (non-hydrogen) atoms. The second-order valence-electron chi connectivity index (χ2n) is 5.87. The first kappa shape index (κ1) is 15.6. The highest BCUT2D eigenvalue weighted by Crippen LogP contribution is 2.21. The number of anilines is 1. The molecule has 0 radical (unpaired) electrons. The predicted molar refractivity (Wildman–Crippen MR) is 87.8 cm³/mol. The lowest BCUT2D eigenvalue weighted by Crippen LogP contribution is -2.54. The van der Waals surface area contributed by atoms with Gasteiger partial charge in [0.05, 0.1) is 0 Å². The molecule has 4 heteroatoms. The normalized spacial score (nSPS) is 18.6. The summed E-state index contributed by atoms with van der Waals surface area (Å²) in [7, 11) is 2.04. The summed E-state index contributed by atoms with van der Waals surface area (Å²) in [6, 6.07) is 8.81. The fourth-order valence-electron chi connectivity index (χ4n) is 2.96. The fraction of sp³-hybridized carbons (Fsp3) is 0.625. The van der Waals surface area contributed by atoms with Crippen molar-refractivity contribution in [2.75, 3.05) is 44.7 Å². The molecule has 1 unspecified atom stereocenters. The van der Waals surface area contributed by atoms with Crippen molar-refractivity contribution in [1.82, 2.24) is 10.2 Å².